The first kappa shape index (κ1) is 21.4. The summed E-state index contributed by atoms with van der Waals surface area (Å²) in [5.41, 5.74) is 10.3. The normalized spacial score (nSPS) is 10.5. The molecule has 0 fully saturated rings. The van der Waals surface area contributed by atoms with E-state index in [9.17, 15) is 4.79 Å². The van der Waals surface area contributed by atoms with Gasteiger partial charge in [0, 0.05) is 22.8 Å². The molecule has 4 nitrogen and oxygen atoms in total. The molecule has 23 heavy (non-hydrogen) atoms. The van der Waals surface area contributed by atoms with E-state index < -0.39 is 0 Å². The van der Waals surface area contributed by atoms with Crippen molar-refractivity contribution in [3.8, 4) is 0 Å². The molecule has 1 aliphatic rings. The van der Waals surface area contributed by atoms with E-state index in [1.54, 1.807) is 6.07 Å². The molecule has 0 atom stereocenters. The summed E-state index contributed by atoms with van der Waals surface area (Å²) in [5, 5.41) is 0.634. The fraction of sp³-hybridized carbons (Fsp3) is 0.333. The molecular weight excluding hydrogens is 401 g/mol. The number of aromatic nitrogens is 1. The smallest absolute Gasteiger partial charge is 0.188 e. The molecule has 0 amide bonds. The zero-order valence-corrected chi connectivity index (χ0v) is 17.0. The predicted molar refractivity (Wildman–Crippen MR) is 111 cm³/mol. The van der Waals surface area contributed by atoms with Gasteiger partial charge in [-0.25, -0.2) is 0 Å². The number of nitrogens with zero attached hydrogens (tertiary/aromatic N) is 1. The highest BCUT2D eigenvalue weighted by atomic mass is 127. The highest BCUT2D eigenvalue weighted by Gasteiger charge is 2.11. The summed E-state index contributed by atoms with van der Waals surface area (Å²) >= 11 is 0. The molecule has 0 radical (unpaired) electrons. The Balaban J connectivity index is 0.000000901. The first-order chi connectivity index (χ1) is 10.7. The van der Waals surface area contributed by atoms with Gasteiger partial charge < -0.3 is 5.43 Å². The lowest BCUT2D eigenvalue weighted by molar-refractivity contribution is 1.05. The van der Waals surface area contributed by atoms with Gasteiger partial charge in [0.15, 0.2) is 5.43 Å². The van der Waals surface area contributed by atoms with Crippen LogP contribution < -0.4 is 16.3 Å². The number of halogens is 1. The Labute approximate surface area is 155 Å². The number of rotatable bonds is 0. The number of aryl methyl sites for hydroxylation is 2. The minimum absolute atomic E-state index is 0. The third-order valence-electron chi connectivity index (χ3n) is 3.22. The molecule has 2 aromatic rings. The van der Waals surface area contributed by atoms with E-state index in [0.29, 0.717) is 10.9 Å². The van der Waals surface area contributed by atoms with Gasteiger partial charge in [-0.1, -0.05) is 33.8 Å². The zero-order valence-electron chi connectivity index (χ0n) is 14.7. The van der Waals surface area contributed by atoms with Gasteiger partial charge in [0.1, 0.15) is 0 Å². The lowest BCUT2D eigenvalue weighted by atomic mass is 10.1. The predicted octanol–water partition coefficient (Wildman–Crippen LogP) is 4.78. The molecular formula is C18H26IN3O. The summed E-state index contributed by atoms with van der Waals surface area (Å²) in [6.07, 6.45) is 3.76. The van der Waals surface area contributed by atoms with Crippen molar-refractivity contribution in [2.45, 2.75) is 41.5 Å². The molecule has 0 saturated carbocycles. The van der Waals surface area contributed by atoms with Gasteiger partial charge in [0.05, 0.1) is 11.2 Å². The number of hydrogen-bond donors (Lipinski definition) is 2. The van der Waals surface area contributed by atoms with Gasteiger partial charge in [-0.3, -0.25) is 15.2 Å². The molecule has 0 bridgehead atoms. The zero-order chi connectivity index (χ0) is 16.7. The van der Waals surface area contributed by atoms with Crippen LogP contribution in [-0.4, -0.2) is 4.98 Å². The summed E-state index contributed by atoms with van der Waals surface area (Å²) in [6, 6.07) is 5.40. The van der Waals surface area contributed by atoms with Crippen LogP contribution in [-0.2, 0) is 0 Å². The SMILES string of the molecule is CC.CC.Cc1cc(=O)c2ccc3c(c2nc1C)NNC=C3.I. The van der Waals surface area contributed by atoms with Crippen molar-refractivity contribution in [3.63, 3.8) is 0 Å². The second-order valence-electron chi connectivity index (χ2n) is 4.42. The fourth-order valence-electron chi connectivity index (χ4n) is 2.07. The van der Waals surface area contributed by atoms with Crippen LogP contribution in [0.15, 0.2) is 29.2 Å². The molecule has 2 heterocycles. The second-order valence-corrected chi connectivity index (χ2v) is 4.42. The van der Waals surface area contributed by atoms with E-state index in [-0.39, 0.29) is 29.4 Å². The van der Waals surface area contributed by atoms with E-state index in [1.165, 1.54) is 0 Å². The third-order valence-corrected chi connectivity index (χ3v) is 3.22. The summed E-state index contributed by atoms with van der Waals surface area (Å²) in [5.74, 6) is 0. The van der Waals surface area contributed by atoms with E-state index in [1.807, 2.05) is 66.0 Å². The molecule has 2 N–H and O–H groups in total. The molecule has 0 unspecified atom stereocenters. The lowest BCUT2D eigenvalue weighted by Gasteiger charge is -2.15. The lowest BCUT2D eigenvalue weighted by Crippen LogP contribution is -2.18. The minimum atomic E-state index is 0. The van der Waals surface area contributed by atoms with Crippen LogP contribution in [0.3, 0.4) is 0 Å². The quantitative estimate of drug-likeness (QED) is 0.594. The Bertz CT molecular complexity index is 742. The van der Waals surface area contributed by atoms with Crippen LogP contribution in [0.1, 0.15) is 44.5 Å². The van der Waals surface area contributed by atoms with Crippen LogP contribution in [0.4, 0.5) is 5.69 Å². The summed E-state index contributed by atoms with van der Waals surface area (Å²) in [7, 11) is 0. The Hall–Kier alpha value is -1.63. The van der Waals surface area contributed by atoms with Gasteiger partial charge in [-0.15, -0.1) is 24.0 Å². The van der Waals surface area contributed by atoms with Gasteiger partial charge in [0.25, 0.3) is 0 Å². The average Bonchev–Trinajstić information content (AvgIpc) is 2.68. The molecule has 0 aliphatic carbocycles. The topological polar surface area (TPSA) is 54.0 Å². The number of hydrogen-bond acceptors (Lipinski definition) is 4. The first-order valence-corrected chi connectivity index (χ1v) is 7.80. The molecule has 0 saturated heterocycles. The monoisotopic (exact) mass is 427 g/mol. The van der Waals surface area contributed by atoms with E-state index >= 15 is 0 Å². The van der Waals surface area contributed by atoms with Crippen LogP contribution >= 0.6 is 24.0 Å². The van der Waals surface area contributed by atoms with Crippen LogP contribution in [0, 0.1) is 13.8 Å². The van der Waals surface area contributed by atoms with Crippen molar-refractivity contribution < 1.29 is 0 Å². The maximum absolute atomic E-state index is 12.1. The van der Waals surface area contributed by atoms with Gasteiger partial charge in [0.2, 0.25) is 0 Å². The Morgan fingerprint density at radius 1 is 1.04 bits per heavy atom. The fourth-order valence-corrected chi connectivity index (χ4v) is 2.07. The number of fused-ring (bicyclic) bond motifs is 3. The standard InChI is InChI=1S/C14H13N3O.2C2H6.HI/c1-8-7-12(18)11-4-3-10-5-6-15-17-13(10)14(11)16-9(8)2;2*1-2;/h3-7,15,17H,1-2H3;2*1-2H3;1H. The molecule has 1 aromatic carbocycles. The average molecular weight is 427 g/mol. The van der Waals surface area contributed by atoms with Crippen molar-refractivity contribution in [3.05, 3.63) is 51.4 Å². The van der Waals surface area contributed by atoms with Crippen molar-refractivity contribution in [2.24, 2.45) is 0 Å². The van der Waals surface area contributed by atoms with E-state index in [4.69, 9.17) is 0 Å². The molecule has 1 aromatic heterocycles. The molecule has 1 aliphatic heterocycles. The van der Waals surface area contributed by atoms with Crippen LogP contribution in [0.25, 0.3) is 17.0 Å². The highest BCUT2D eigenvalue weighted by Crippen LogP contribution is 2.26. The number of benzene rings is 1. The molecule has 126 valence electrons. The maximum atomic E-state index is 12.1. The highest BCUT2D eigenvalue weighted by molar-refractivity contribution is 14.0. The molecule has 5 heteroatoms. The van der Waals surface area contributed by atoms with Crippen molar-refractivity contribution in [2.75, 3.05) is 5.43 Å². The first-order valence-electron chi connectivity index (χ1n) is 7.80. The van der Waals surface area contributed by atoms with Crippen LogP contribution in [0.2, 0.25) is 0 Å². The van der Waals surface area contributed by atoms with Gasteiger partial charge >= 0.3 is 0 Å². The Morgan fingerprint density at radius 3 is 2.35 bits per heavy atom. The summed E-state index contributed by atoms with van der Waals surface area (Å²) in [4.78, 5) is 16.7. The third kappa shape index (κ3) is 4.67. The summed E-state index contributed by atoms with van der Waals surface area (Å²) < 4.78 is 0. The van der Waals surface area contributed by atoms with Gasteiger partial charge in [-0.2, -0.15) is 0 Å². The van der Waals surface area contributed by atoms with Gasteiger partial charge in [-0.05, 0) is 37.6 Å². The number of hydrazine groups is 1. The Morgan fingerprint density at radius 2 is 1.70 bits per heavy atom. The maximum Gasteiger partial charge on any atom is 0.188 e. The Kier molecular flexibility index (Phi) is 9.48. The largest absolute Gasteiger partial charge is 0.308 e. The second kappa shape index (κ2) is 10.2. The summed E-state index contributed by atoms with van der Waals surface area (Å²) in [6.45, 7) is 11.8. The minimum Gasteiger partial charge on any atom is -0.308 e. The van der Waals surface area contributed by atoms with Crippen molar-refractivity contribution in [1.82, 2.24) is 10.4 Å². The van der Waals surface area contributed by atoms with Crippen LogP contribution in [0.5, 0.6) is 0 Å². The molecule has 3 rings (SSSR count). The van der Waals surface area contributed by atoms with E-state index in [0.717, 1.165) is 22.5 Å². The molecule has 0 spiro atoms. The van der Waals surface area contributed by atoms with Crippen molar-refractivity contribution in [1.29, 1.82) is 0 Å². The number of nitrogens with one attached hydrogen (secondary N) is 2. The van der Waals surface area contributed by atoms with Crippen molar-refractivity contribution >= 4 is 46.6 Å². The van der Waals surface area contributed by atoms with E-state index in [2.05, 4.69) is 15.8 Å². The number of anilines is 1.